The number of amides is 1. The van der Waals surface area contributed by atoms with E-state index in [9.17, 15) is 4.79 Å². The van der Waals surface area contributed by atoms with E-state index in [1.807, 2.05) is 18.2 Å². The smallest absolute Gasteiger partial charge is 0.255 e. The van der Waals surface area contributed by atoms with Gasteiger partial charge in [0.15, 0.2) is 0 Å². The molecule has 0 saturated heterocycles. The topological polar surface area (TPSA) is 105 Å². The van der Waals surface area contributed by atoms with Crippen LogP contribution in [0.15, 0.2) is 66.9 Å². The molecule has 7 nitrogen and oxygen atoms in total. The first-order valence-electron chi connectivity index (χ1n) is 9.29. The Hall–Kier alpha value is -3.78. The van der Waals surface area contributed by atoms with Crippen molar-refractivity contribution in [2.45, 2.75) is 6.54 Å². The highest BCUT2D eigenvalue weighted by Gasteiger charge is 2.11. The Balaban J connectivity index is 1.48. The summed E-state index contributed by atoms with van der Waals surface area (Å²) in [5.41, 5.74) is 8.71. The van der Waals surface area contributed by atoms with E-state index in [1.165, 1.54) is 4.88 Å². The molecule has 0 spiro atoms. The Bertz CT molecular complexity index is 1140. The third kappa shape index (κ3) is 4.44. The number of hydrogen-bond donors (Lipinski definition) is 4. The molecule has 8 heteroatoms. The third-order valence-corrected chi connectivity index (χ3v) is 5.69. The number of nitrogens with one attached hydrogen (secondary N) is 3. The average Bonchev–Trinajstić information content (AvgIpc) is 3.46. The van der Waals surface area contributed by atoms with Gasteiger partial charge in [-0.1, -0.05) is 6.07 Å². The van der Waals surface area contributed by atoms with E-state index >= 15 is 0 Å². The largest absolute Gasteiger partial charge is 0.497 e. The van der Waals surface area contributed by atoms with Gasteiger partial charge in [-0.15, -0.1) is 11.3 Å². The molecule has 2 heterocycles. The molecule has 0 atom stereocenters. The third-order valence-electron chi connectivity index (χ3n) is 4.55. The maximum Gasteiger partial charge on any atom is 0.255 e. The number of methoxy groups -OCH3 is 1. The molecule has 4 aromatic rings. The number of hydrogen-bond acceptors (Lipinski definition) is 6. The van der Waals surface area contributed by atoms with Crippen molar-refractivity contribution >= 4 is 34.4 Å². The first kappa shape index (κ1) is 19.5. The number of thiophene rings is 1. The number of carbonyl (C=O) groups is 1. The lowest BCUT2D eigenvalue weighted by atomic mass is 10.1. The van der Waals surface area contributed by atoms with Crippen molar-refractivity contribution in [2.75, 3.05) is 23.5 Å². The highest BCUT2D eigenvalue weighted by molar-refractivity contribution is 7.15. The van der Waals surface area contributed by atoms with Crippen LogP contribution in [0.4, 0.5) is 17.2 Å². The normalized spacial score (nSPS) is 10.6. The quantitative estimate of drug-likeness (QED) is 0.328. The number of aromatic nitrogens is 2. The molecule has 0 aliphatic carbocycles. The Morgan fingerprint density at radius 2 is 1.97 bits per heavy atom. The molecule has 152 valence electrons. The van der Waals surface area contributed by atoms with Gasteiger partial charge in [0.25, 0.3) is 5.91 Å². The first-order valence-corrected chi connectivity index (χ1v) is 10.1. The Kier molecular flexibility index (Phi) is 5.67. The van der Waals surface area contributed by atoms with Crippen LogP contribution in [-0.4, -0.2) is 23.2 Å². The summed E-state index contributed by atoms with van der Waals surface area (Å²) in [6, 6.07) is 18.6. The van der Waals surface area contributed by atoms with E-state index in [0.717, 1.165) is 16.3 Å². The highest BCUT2D eigenvalue weighted by Crippen LogP contribution is 2.32. The van der Waals surface area contributed by atoms with Gasteiger partial charge in [-0.3, -0.25) is 9.89 Å². The van der Waals surface area contributed by atoms with Crippen molar-refractivity contribution in [2.24, 2.45) is 0 Å². The molecule has 0 aliphatic rings. The number of rotatable bonds is 7. The van der Waals surface area contributed by atoms with Gasteiger partial charge in [0.2, 0.25) is 0 Å². The Morgan fingerprint density at radius 1 is 1.13 bits per heavy atom. The summed E-state index contributed by atoms with van der Waals surface area (Å²) >= 11 is 1.68. The van der Waals surface area contributed by atoms with Crippen LogP contribution >= 0.6 is 11.3 Å². The molecule has 0 radical (unpaired) electrons. The number of aromatic amines is 1. The molecule has 2 aromatic heterocycles. The van der Waals surface area contributed by atoms with Crippen LogP contribution in [0, 0.1) is 0 Å². The van der Waals surface area contributed by atoms with Gasteiger partial charge in [-0.2, -0.15) is 5.10 Å². The predicted molar refractivity (Wildman–Crippen MR) is 121 cm³/mol. The van der Waals surface area contributed by atoms with Crippen LogP contribution in [0.1, 0.15) is 15.2 Å². The maximum atomic E-state index is 12.6. The van der Waals surface area contributed by atoms with Crippen molar-refractivity contribution in [1.82, 2.24) is 10.2 Å². The van der Waals surface area contributed by atoms with E-state index in [-0.39, 0.29) is 5.91 Å². The molecule has 0 fully saturated rings. The molecule has 0 aliphatic heterocycles. The van der Waals surface area contributed by atoms with Gasteiger partial charge >= 0.3 is 0 Å². The highest BCUT2D eigenvalue weighted by atomic mass is 32.1. The number of ether oxygens (including phenoxy) is 1. The first-order chi connectivity index (χ1) is 14.6. The molecule has 30 heavy (non-hydrogen) atoms. The minimum Gasteiger partial charge on any atom is -0.497 e. The van der Waals surface area contributed by atoms with E-state index in [0.29, 0.717) is 29.2 Å². The lowest BCUT2D eigenvalue weighted by Gasteiger charge is -2.10. The van der Waals surface area contributed by atoms with Crippen molar-refractivity contribution < 1.29 is 9.53 Å². The summed E-state index contributed by atoms with van der Waals surface area (Å²) in [7, 11) is 1.59. The van der Waals surface area contributed by atoms with Crippen molar-refractivity contribution in [3.63, 3.8) is 0 Å². The summed E-state index contributed by atoms with van der Waals surface area (Å²) in [6.07, 6.45) is 1.71. The zero-order chi connectivity index (χ0) is 20.9. The molecule has 1 amide bonds. The lowest BCUT2D eigenvalue weighted by Crippen LogP contribution is -2.13. The van der Waals surface area contributed by atoms with Crippen molar-refractivity contribution in [1.29, 1.82) is 0 Å². The number of nitrogens with two attached hydrogens (primary N) is 1. The van der Waals surface area contributed by atoms with Gasteiger partial charge in [0, 0.05) is 15.3 Å². The van der Waals surface area contributed by atoms with Gasteiger partial charge in [0.05, 0.1) is 31.2 Å². The minimum atomic E-state index is -0.225. The van der Waals surface area contributed by atoms with Crippen LogP contribution in [0.2, 0.25) is 0 Å². The zero-order valence-corrected chi connectivity index (χ0v) is 17.1. The second-order valence-corrected chi connectivity index (χ2v) is 7.74. The average molecular weight is 420 g/mol. The molecule has 5 N–H and O–H groups in total. The maximum absolute atomic E-state index is 12.6. The molecular formula is C22H21N5O2S. The number of anilines is 3. The number of carbonyl (C=O) groups excluding carboxylic acids is 1. The number of nitrogens with zero attached hydrogens (tertiary/aromatic N) is 1. The number of H-pyrrole nitrogens is 1. The fraction of sp³-hybridized carbons (Fsp3) is 0.0909. The fourth-order valence-electron chi connectivity index (χ4n) is 2.92. The summed E-state index contributed by atoms with van der Waals surface area (Å²) < 4.78 is 5.13. The van der Waals surface area contributed by atoms with Crippen LogP contribution in [-0.2, 0) is 6.54 Å². The van der Waals surface area contributed by atoms with E-state index in [2.05, 4.69) is 33.0 Å². The molecule has 0 unspecified atom stereocenters. The van der Waals surface area contributed by atoms with Gasteiger partial charge < -0.3 is 21.1 Å². The molecule has 2 aromatic carbocycles. The monoisotopic (exact) mass is 419 g/mol. The van der Waals surface area contributed by atoms with Gasteiger partial charge in [-0.05, 0) is 60.2 Å². The van der Waals surface area contributed by atoms with Crippen molar-refractivity contribution in [3.05, 3.63) is 77.3 Å². The summed E-state index contributed by atoms with van der Waals surface area (Å²) in [6.45, 7) is 0.697. The second kappa shape index (κ2) is 8.71. The Morgan fingerprint density at radius 3 is 2.70 bits per heavy atom. The van der Waals surface area contributed by atoms with Crippen LogP contribution < -0.4 is 21.1 Å². The predicted octanol–water partition coefficient (Wildman–Crippen LogP) is 4.59. The molecule has 0 bridgehead atoms. The zero-order valence-electron chi connectivity index (χ0n) is 16.3. The van der Waals surface area contributed by atoms with Gasteiger partial charge in [-0.25, -0.2) is 0 Å². The van der Waals surface area contributed by atoms with Crippen LogP contribution in [0.3, 0.4) is 0 Å². The lowest BCUT2D eigenvalue weighted by molar-refractivity contribution is 0.102. The molecule has 4 rings (SSSR count). The summed E-state index contributed by atoms with van der Waals surface area (Å²) in [4.78, 5) is 14.9. The number of nitrogen functional groups attached to an aromatic ring is 1. The van der Waals surface area contributed by atoms with Crippen LogP contribution in [0.5, 0.6) is 5.75 Å². The van der Waals surface area contributed by atoms with E-state index in [1.54, 1.807) is 55.0 Å². The second-order valence-electron chi connectivity index (χ2n) is 6.57. The van der Waals surface area contributed by atoms with Crippen molar-refractivity contribution in [3.8, 4) is 16.2 Å². The standard InChI is InChI=1S/C22H21N5O2S/c1-29-16-5-2-14(3-6-16)22(28)26-19-12-15(4-8-18(19)23)20-9-7-17(30-20)13-24-21-10-11-25-27-21/h2-12H,13,23H2,1H3,(H,26,28)(H2,24,25,27). The SMILES string of the molecule is COc1ccc(C(=O)Nc2cc(-c3ccc(CNc4ccn[nH]4)s3)ccc2N)cc1. The van der Waals surface area contributed by atoms with Gasteiger partial charge in [0.1, 0.15) is 11.6 Å². The summed E-state index contributed by atoms with van der Waals surface area (Å²) in [5.74, 6) is 1.35. The fourth-order valence-corrected chi connectivity index (χ4v) is 3.86. The van der Waals surface area contributed by atoms with E-state index < -0.39 is 0 Å². The summed E-state index contributed by atoms with van der Waals surface area (Å²) in [5, 5.41) is 13.0. The molecular weight excluding hydrogens is 398 g/mol. The van der Waals surface area contributed by atoms with E-state index in [4.69, 9.17) is 10.5 Å². The molecule has 0 saturated carbocycles. The number of benzene rings is 2. The van der Waals surface area contributed by atoms with Crippen LogP contribution in [0.25, 0.3) is 10.4 Å². The Labute approximate surface area is 177 Å². The minimum absolute atomic E-state index is 0.225.